The summed E-state index contributed by atoms with van der Waals surface area (Å²) in [4.78, 5) is 4.21. The van der Waals surface area contributed by atoms with E-state index in [4.69, 9.17) is 0 Å². The molecule has 84 valence electrons. The second-order valence-corrected chi connectivity index (χ2v) is 3.83. The first-order valence-corrected chi connectivity index (χ1v) is 5.30. The highest BCUT2D eigenvalue weighted by Gasteiger charge is 2.15. The fourth-order valence-electron chi connectivity index (χ4n) is 1.90. The van der Waals surface area contributed by atoms with Gasteiger partial charge in [-0.3, -0.25) is 9.67 Å². The lowest BCUT2D eigenvalue weighted by molar-refractivity contribution is 0.605. The third-order valence-electron chi connectivity index (χ3n) is 2.70. The van der Waals surface area contributed by atoms with Crippen LogP contribution in [0.3, 0.4) is 0 Å². The van der Waals surface area contributed by atoms with Crippen molar-refractivity contribution in [3.8, 4) is 0 Å². The molecule has 0 aliphatic rings. The standard InChI is InChI=1S/C12H16N4/c1-9-8-10(4-6-14-9)12(13-2)11-5-7-15-16(11)3/h4-8,12-13H,1-3H3. The molecule has 4 heteroatoms. The summed E-state index contributed by atoms with van der Waals surface area (Å²) in [5, 5.41) is 7.49. The largest absolute Gasteiger partial charge is 0.308 e. The number of aromatic nitrogens is 3. The molecule has 2 rings (SSSR count). The van der Waals surface area contributed by atoms with Crippen molar-refractivity contribution in [1.82, 2.24) is 20.1 Å². The molecule has 0 aromatic carbocycles. The molecule has 4 nitrogen and oxygen atoms in total. The van der Waals surface area contributed by atoms with E-state index in [1.54, 1.807) is 0 Å². The van der Waals surface area contributed by atoms with Crippen molar-refractivity contribution in [2.75, 3.05) is 7.05 Å². The van der Waals surface area contributed by atoms with E-state index in [1.807, 2.05) is 50.2 Å². The van der Waals surface area contributed by atoms with Crippen molar-refractivity contribution < 1.29 is 0 Å². The van der Waals surface area contributed by atoms with Gasteiger partial charge in [0.05, 0.1) is 11.7 Å². The van der Waals surface area contributed by atoms with Gasteiger partial charge in [0.2, 0.25) is 0 Å². The quantitative estimate of drug-likeness (QED) is 0.844. The number of nitrogens with zero attached hydrogens (tertiary/aromatic N) is 3. The minimum absolute atomic E-state index is 0.161. The van der Waals surface area contributed by atoms with Gasteiger partial charge in [-0.2, -0.15) is 5.10 Å². The molecular formula is C12H16N4. The Bertz CT molecular complexity index is 475. The van der Waals surface area contributed by atoms with Crippen molar-refractivity contribution in [2.45, 2.75) is 13.0 Å². The minimum Gasteiger partial charge on any atom is -0.308 e. The van der Waals surface area contributed by atoms with Crippen molar-refractivity contribution in [3.63, 3.8) is 0 Å². The van der Waals surface area contributed by atoms with Crippen LogP contribution < -0.4 is 5.32 Å². The Balaban J connectivity index is 2.40. The molecule has 0 radical (unpaired) electrons. The van der Waals surface area contributed by atoms with Gasteiger partial charge in [0, 0.05) is 25.1 Å². The molecule has 0 saturated carbocycles. The molecule has 0 spiro atoms. The summed E-state index contributed by atoms with van der Waals surface area (Å²) in [6.07, 6.45) is 3.65. The second kappa shape index (κ2) is 4.45. The zero-order chi connectivity index (χ0) is 11.5. The van der Waals surface area contributed by atoms with Crippen molar-refractivity contribution in [1.29, 1.82) is 0 Å². The van der Waals surface area contributed by atoms with Crippen molar-refractivity contribution in [3.05, 3.63) is 47.5 Å². The maximum Gasteiger partial charge on any atom is 0.0746 e. The highest BCUT2D eigenvalue weighted by Crippen LogP contribution is 2.20. The summed E-state index contributed by atoms with van der Waals surface area (Å²) >= 11 is 0. The molecule has 0 fully saturated rings. The van der Waals surface area contributed by atoms with E-state index in [2.05, 4.69) is 21.5 Å². The van der Waals surface area contributed by atoms with Crippen LogP contribution in [-0.2, 0) is 7.05 Å². The maximum absolute atomic E-state index is 4.21. The molecule has 2 aromatic rings. The number of hydrogen-bond donors (Lipinski definition) is 1. The van der Waals surface area contributed by atoms with E-state index >= 15 is 0 Å². The zero-order valence-corrected chi connectivity index (χ0v) is 9.81. The molecule has 2 heterocycles. The summed E-state index contributed by atoms with van der Waals surface area (Å²) in [6.45, 7) is 2.00. The van der Waals surface area contributed by atoms with E-state index in [9.17, 15) is 0 Å². The highest BCUT2D eigenvalue weighted by atomic mass is 15.3. The first-order chi connectivity index (χ1) is 7.72. The first-order valence-electron chi connectivity index (χ1n) is 5.30. The Hall–Kier alpha value is -1.68. The molecule has 0 aliphatic carbocycles. The van der Waals surface area contributed by atoms with Crippen LogP contribution in [0.4, 0.5) is 0 Å². The highest BCUT2D eigenvalue weighted by molar-refractivity contribution is 5.27. The van der Waals surface area contributed by atoms with Gasteiger partial charge in [-0.05, 0) is 37.7 Å². The molecule has 16 heavy (non-hydrogen) atoms. The van der Waals surface area contributed by atoms with Gasteiger partial charge in [0.25, 0.3) is 0 Å². The monoisotopic (exact) mass is 216 g/mol. The topological polar surface area (TPSA) is 42.7 Å². The van der Waals surface area contributed by atoms with Crippen LogP contribution in [0, 0.1) is 6.92 Å². The van der Waals surface area contributed by atoms with E-state index in [1.165, 1.54) is 5.56 Å². The Morgan fingerprint density at radius 1 is 1.31 bits per heavy atom. The number of pyridine rings is 1. The minimum atomic E-state index is 0.161. The predicted octanol–water partition coefficient (Wildman–Crippen LogP) is 1.43. The fraction of sp³-hybridized carbons (Fsp3) is 0.333. The number of rotatable bonds is 3. The normalized spacial score (nSPS) is 12.7. The SMILES string of the molecule is CNC(c1ccnc(C)c1)c1ccnn1C. The summed E-state index contributed by atoms with van der Waals surface area (Å²) in [5.41, 5.74) is 3.38. The van der Waals surface area contributed by atoms with Crippen LogP contribution in [0.5, 0.6) is 0 Å². The summed E-state index contributed by atoms with van der Waals surface area (Å²) < 4.78 is 1.89. The van der Waals surface area contributed by atoms with Crippen LogP contribution in [-0.4, -0.2) is 21.8 Å². The molecule has 1 atom stereocenters. The Kier molecular flexibility index (Phi) is 3.01. The van der Waals surface area contributed by atoms with Crippen LogP contribution >= 0.6 is 0 Å². The van der Waals surface area contributed by atoms with Crippen molar-refractivity contribution >= 4 is 0 Å². The molecule has 0 saturated heterocycles. The number of aryl methyl sites for hydroxylation is 2. The van der Waals surface area contributed by atoms with Crippen LogP contribution in [0.25, 0.3) is 0 Å². The molecule has 0 bridgehead atoms. The smallest absolute Gasteiger partial charge is 0.0746 e. The number of nitrogens with one attached hydrogen (secondary N) is 1. The van der Waals surface area contributed by atoms with Gasteiger partial charge in [-0.15, -0.1) is 0 Å². The lowest BCUT2D eigenvalue weighted by Gasteiger charge is -2.17. The van der Waals surface area contributed by atoms with Crippen molar-refractivity contribution in [2.24, 2.45) is 7.05 Å². The third-order valence-corrected chi connectivity index (χ3v) is 2.70. The molecule has 0 amide bonds. The van der Waals surface area contributed by atoms with Gasteiger partial charge in [-0.1, -0.05) is 0 Å². The lowest BCUT2D eigenvalue weighted by atomic mass is 10.0. The maximum atomic E-state index is 4.21. The second-order valence-electron chi connectivity index (χ2n) is 3.83. The van der Waals surface area contributed by atoms with E-state index in [-0.39, 0.29) is 6.04 Å². The van der Waals surface area contributed by atoms with Gasteiger partial charge in [0.1, 0.15) is 0 Å². The first kappa shape index (κ1) is 10.8. The van der Waals surface area contributed by atoms with Gasteiger partial charge in [-0.25, -0.2) is 0 Å². The lowest BCUT2D eigenvalue weighted by Crippen LogP contribution is -2.20. The van der Waals surface area contributed by atoms with Gasteiger partial charge >= 0.3 is 0 Å². The average molecular weight is 216 g/mol. The molecular weight excluding hydrogens is 200 g/mol. The van der Waals surface area contributed by atoms with Crippen LogP contribution in [0.15, 0.2) is 30.6 Å². The Labute approximate surface area is 95.3 Å². The summed E-state index contributed by atoms with van der Waals surface area (Å²) in [7, 11) is 3.90. The molecule has 1 N–H and O–H groups in total. The Morgan fingerprint density at radius 2 is 2.12 bits per heavy atom. The van der Waals surface area contributed by atoms with Crippen LogP contribution in [0.2, 0.25) is 0 Å². The van der Waals surface area contributed by atoms with Gasteiger partial charge in [0.15, 0.2) is 0 Å². The molecule has 2 aromatic heterocycles. The van der Waals surface area contributed by atoms with E-state index in [0.29, 0.717) is 0 Å². The van der Waals surface area contributed by atoms with E-state index in [0.717, 1.165) is 11.4 Å². The fourth-order valence-corrected chi connectivity index (χ4v) is 1.90. The molecule has 0 aliphatic heterocycles. The Morgan fingerprint density at radius 3 is 2.69 bits per heavy atom. The average Bonchev–Trinajstić information content (AvgIpc) is 2.67. The predicted molar refractivity (Wildman–Crippen MR) is 63.1 cm³/mol. The zero-order valence-electron chi connectivity index (χ0n) is 9.81. The number of hydrogen-bond acceptors (Lipinski definition) is 3. The van der Waals surface area contributed by atoms with E-state index < -0.39 is 0 Å². The third kappa shape index (κ3) is 1.97. The van der Waals surface area contributed by atoms with Crippen LogP contribution in [0.1, 0.15) is 23.0 Å². The molecule has 1 unspecified atom stereocenters. The summed E-state index contributed by atoms with van der Waals surface area (Å²) in [6, 6.07) is 6.31. The van der Waals surface area contributed by atoms with Gasteiger partial charge < -0.3 is 5.32 Å². The summed E-state index contributed by atoms with van der Waals surface area (Å²) in [5.74, 6) is 0.